The second kappa shape index (κ2) is 13.2. The molecule has 6 nitrogen and oxygen atoms in total. The summed E-state index contributed by atoms with van der Waals surface area (Å²) in [6, 6.07) is 0. The van der Waals surface area contributed by atoms with Gasteiger partial charge in [0.25, 0.3) is 0 Å². The normalized spacial score (nSPS) is 11.9. The van der Waals surface area contributed by atoms with Gasteiger partial charge in [-0.05, 0) is 19.3 Å². The van der Waals surface area contributed by atoms with Gasteiger partial charge in [0, 0.05) is 33.4 Å². The maximum absolute atomic E-state index is 8.31. The maximum Gasteiger partial charge on any atom is 0.139 e. The largest absolute Gasteiger partial charge is 0.409 e. The molecule has 0 saturated heterocycles. The van der Waals surface area contributed by atoms with Crippen LogP contribution in [0.2, 0.25) is 0 Å². The van der Waals surface area contributed by atoms with Crippen LogP contribution in [-0.2, 0) is 14.2 Å². The first-order valence-corrected chi connectivity index (χ1v) is 5.92. The van der Waals surface area contributed by atoms with Gasteiger partial charge in [-0.3, -0.25) is 0 Å². The topological polar surface area (TPSA) is 86.3 Å². The molecule has 0 bridgehead atoms. The van der Waals surface area contributed by atoms with E-state index >= 15 is 0 Å². The van der Waals surface area contributed by atoms with Gasteiger partial charge in [-0.1, -0.05) is 5.16 Å². The number of nitrogens with zero attached hydrogens (tertiary/aromatic N) is 1. The summed E-state index contributed by atoms with van der Waals surface area (Å²) in [7, 11) is 1.65. The average Bonchev–Trinajstić information content (AvgIpc) is 2.35. The fourth-order valence-electron chi connectivity index (χ4n) is 1.17. The summed E-state index contributed by atoms with van der Waals surface area (Å²) in [5.41, 5.74) is 5.33. The number of hydrogen-bond donors (Lipinski definition) is 2. The van der Waals surface area contributed by atoms with E-state index in [9.17, 15) is 0 Å². The van der Waals surface area contributed by atoms with Gasteiger partial charge >= 0.3 is 0 Å². The third-order valence-corrected chi connectivity index (χ3v) is 2.11. The molecule has 0 radical (unpaired) electrons. The van der Waals surface area contributed by atoms with Gasteiger partial charge < -0.3 is 25.2 Å². The minimum absolute atomic E-state index is 0.275. The molecule has 0 atom stereocenters. The molecule has 0 aromatic rings. The second-order valence-corrected chi connectivity index (χ2v) is 3.62. The number of oxime groups is 1. The first-order valence-electron chi connectivity index (χ1n) is 5.92. The van der Waals surface area contributed by atoms with Crippen LogP contribution >= 0.6 is 0 Å². The van der Waals surface area contributed by atoms with Gasteiger partial charge in [0.1, 0.15) is 5.84 Å². The van der Waals surface area contributed by atoms with E-state index in [1.807, 2.05) is 0 Å². The Bertz CT molecular complexity index is 188. The summed E-state index contributed by atoms with van der Waals surface area (Å²) < 4.78 is 15.5. The lowest BCUT2D eigenvalue weighted by Crippen LogP contribution is -2.11. The zero-order valence-electron chi connectivity index (χ0n) is 10.6. The number of methoxy groups -OCH3 is 1. The molecule has 0 saturated carbocycles. The molecule has 6 heteroatoms. The minimum Gasteiger partial charge on any atom is -0.409 e. The third-order valence-electron chi connectivity index (χ3n) is 2.11. The van der Waals surface area contributed by atoms with Crippen LogP contribution in [0.1, 0.15) is 25.7 Å². The SMILES string of the molecule is COCCOCCCOCCCCC(N)=NO. The van der Waals surface area contributed by atoms with E-state index in [4.69, 9.17) is 25.2 Å². The van der Waals surface area contributed by atoms with Crippen LogP contribution in [0, 0.1) is 0 Å². The van der Waals surface area contributed by atoms with Crippen LogP contribution in [0.4, 0.5) is 0 Å². The molecule has 0 rings (SSSR count). The smallest absolute Gasteiger partial charge is 0.139 e. The Morgan fingerprint density at radius 3 is 2.29 bits per heavy atom. The fourth-order valence-corrected chi connectivity index (χ4v) is 1.17. The summed E-state index contributed by atoms with van der Waals surface area (Å²) in [5, 5.41) is 11.2. The van der Waals surface area contributed by atoms with Crippen LogP contribution < -0.4 is 5.73 Å². The van der Waals surface area contributed by atoms with Gasteiger partial charge in [0.2, 0.25) is 0 Å². The molecule has 0 amide bonds. The van der Waals surface area contributed by atoms with Crippen LogP contribution in [0.3, 0.4) is 0 Å². The van der Waals surface area contributed by atoms with Crippen LogP contribution in [-0.4, -0.2) is 51.2 Å². The zero-order valence-corrected chi connectivity index (χ0v) is 10.6. The van der Waals surface area contributed by atoms with E-state index in [0.717, 1.165) is 19.3 Å². The van der Waals surface area contributed by atoms with Crippen molar-refractivity contribution in [3.8, 4) is 0 Å². The Labute approximate surface area is 103 Å². The number of amidine groups is 1. The predicted octanol–water partition coefficient (Wildman–Crippen LogP) is 0.973. The van der Waals surface area contributed by atoms with Crippen molar-refractivity contribution in [2.24, 2.45) is 10.9 Å². The Morgan fingerprint density at radius 2 is 1.65 bits per heavy atom. The van der Waals surface area contributed by atoms with Crippen LogP contribution in [0.15, 0.2) is 5.16 Å². The van der Waals surface area contributed by atoms with Gasteiger partial charge in [-0.15, -0.1) is 0 Å². The number of ether oxygens (including phenoxy) is 3. The highest BCUT2D eigenvalue weighted by atomic mass is 16.5. The quantitative estimate of drug-likeness (QED) is 0.177. The van der Waals surface area contributed by atoms with Crippen molar-refractivity contribution in [2.75, 3.05) is 40.1 Å². The van der Waals surface area contributed by atoms with Crippen molar-refractivity contribution < 1.29 is 19.4 Å². The van der Waals surface area contributed by atoms with Crippen molar-refractivity contribution in [2.45, 2.75) is 25.7 Å². The molecule has 0 aliphatic carbocycles. The Balaban J connectivity index is 2.99. The molecule has 0 spiro atoms. The number of nitrogens with two attached hydrogens (primary N) is 1. The molecule has 0 unspecified atom stereocenters. The Hall–Kier alpha value is -0.850. The lowest BCUT2D eigenvalue weighted by atomic mass is 10.2. The highest BCUT2D eigenvalue weighted by Gasteiger charge is 1.94. The van der Waals surface area contributed by atoms with Crippen molar-refractivity contribution in [1.29, 1.82) is 0 Å². The van der Waals surface area contributed by atoms with E-state index in [0.29, 0.717) is 39.5 Å². The maximum atomic E-state index is 8.31. The average molecular weight is 248 g/mol. The standard InChI is InChI=1S/C11H24N2O4/c1-15-9-10-17-8-4-7-16-6-3-2-5-11(12)13-14/h14H,2-10H2,1H3,(H2,12,13). The van der Waals surface area contributed by atoms with E-state index in [1.54, 1.807) is 7.11 Å². The summed E-state index contributed by atoms with van der Waals surface area (Å²) in [5.74, 6) is 0.275. The molecule has 3 N–H and O–H groups in total. The molecular weight excluding hydrogens is 224 g/mol. The molecule has 102 valence electrons. The molecule has 0 aromatic heterocycles. The van der Waals surface area contributed by atoms with Crippen LogP contribution in [0.5, 0.6) is 0 Å². The van der Waals surface area contributed by atoms with Gasteiger partial charge in [-0.25, -0.2) is 0 Å². The number of rotatable bonds is 12. The van der Waals surface area contributed by atoms with E-state index in [2.05, 4.69) is 5.16 Å². The minimum atomic E-state index is 0.275. The molecule has 0 aliphatic rings. The summed E-state index contributed by atoms with van der Waals surface area (Å²) in [4.78, 5) is 0. The Morgan fingerprint density at radius 1 is 1.00 bits per heavy atom. The summed E-state index contributed by atoms with van der Waals surface area (Å²) in [6.45, 7) is 3.38. The lowest BCUT2D eigenvalue weighted by molar-refractivity contribution is 0.0509. The second-order valence-electron chi connectivity index (χ2n) is 3.62. The predicted molar refractivity (Wildman–Crippen MR) is 65.4 cm³/mol. The van der Waals surface area contributed by atoms with Crippen molar-refractivity contribution >= 4 is 5.84 Å². The van der Waals surface area contributed by atoms with Gasteiger partial charge in [-0.2, -0.15) is 0 Å². The first-order chi connectivity index (χ1) is 8.31. The molecule has 17 heavy (non-hydrogen) atoms. The zero-order chi connectivity index (χ0) is 12.8. The highest BCUT2D eigenvalue weighted by molar-refractivity contribution is 5.79. The van der Waals surface area contributed by atoms with Gasteiger partial charge in [0.15, 0.2) is 0 Å². The molecule has 0 heterocycles. The van der Waals surface area contributed by atoms with Crippen molar-refractivity contribution in [3.05, 3.63) is 0 Å². The van der Waals surface area contributed by atoms with E-state index in [1.165, 1.54) is 0 Å². The van der Waals surface area contributed by atoms with Gasteiger partial charge in [0.05, 0.1) is 13.2 Å². The fraction of sp³-hybridized carbons (Fsp3) is 0.909. The lowest BCUT2D eigenvalue weighted by Gasteiger charge is -2.05. The monoisotopic (exact) mass is 248 g/mol. The molecule has 0 aromatic carbocycles. The number of hydrogen-bond acceptors (Lipinski definition) is 5. The van der Waals surface area contributed by atoms with E-state index in [-0.39, 0.29) is 5.84 Å². The molecule has 0 fully saturated rings. The Kier molecular flexibility index (Phi) is 12.6. The molecular formula is C11H24N2O4. The van der Waals surface area contributed by atoms with E-state index < -0.39 is 0 Å². The first kappa shape index (κ1) is 16.1. The van der Waals surface area contributed by atoms with Crippen molar-refractivity contribution in [1.82, 2.24) is 0 Å². The molecule has 0 aliphatic heterocycles. The van der Waals surface area contributed by atoms with Crippen molar-refractivity contribution in [3.63, 3.8) is 0 Å². The highest BCUT2D eigenvalue weighted by Crippen LogP contribution is 1.96. The number of unbranched alkanes of at least 4 members (excludes halogenated alkanes) is 1. The summed E-state index contributed by atoms with van der Waals surface area (Å²) >= 11 is 0. The summed E-state index contributed by atoms with van der Waals surface area (Å²) in [6.07, 6.45) is 3.30. The third kappa shape index (κ3) is 13.1. The van der Waals surface area contributed by atoms with Crippen LogP contribution in [0.25, 0.3) is 0 Å².